The molecule has 0 spiro atoms. The topological polar surface area (TPSA) is 15.3 Å². The van der Waals surface area contributed by atoms with Gasteiger partial charge < -0.3 is 10.2 Å². The second-order valence-corrected chi connectivity index (χ2v) is 4.44. The molecule has 0 amide bonds. The average Bonchev–Trinajstić information content (AvgIpc) is 2.33. The fourth-order valence-electron chi connectivity index (χ4n) is 2.01. The lowest BCUT2D eigenvalue weighted by atomic mass is 10.1. The third kappa shape index (κ3) is 2.72. The van der Waals surface area contributed by atoms with E-state index in [0.717, 1.165) is 32.0 Å². The molecule has 1 fully saturated rings. The fourth-order valence-corrected chi connectivity index (χ4v) is 2.01. The fraction of sp³-hybridized carbons (Fsp3) is 0.500. The normalized spacial score (nSPS) is 18.4. The number of piperidine rings is 1. The first-order valence-corrected chi connectivity index (χ1v) is 5.66. The molecule has 0 bridgehead atoms. The minimum absolute atomic E-state index is 0.0402. The molecule has 1 aromatic carbocycles. The molecular formula is C12H15F3N2. The van der Waals surface area contributed by atoms with Gasteiger partial charge in [-0.05, 0) is 45.1 Å². The summed E-state index contributed by atoms with van der Waals surface area (Å²) in [6, 6.07) is 2.30. The van der Waals surface area contributed by atoms with E-state index in [1.54, 1.807) is 0 Å². The molecule has 0 saturated carbocycles. The van der Waals surface area contributed by atoms with Crippen LogP contribution in [0.15, 0.2) is 12.1 Å². The van der Waals surface area contributed by atoms with Crippen LogP contribution in [0.5, 0.6) is 0 Å². The third-order valence-corrected chi connectivity index (χ3v) is 3.11. The second kappa shape index (κ2) is 4.96. The molecule has 1 aromatic rings. The van der Waals surface area contributed by atoms with E-state index < -0.39 is 17.5 Å². The Hall–Kier alpha value is -1.23. The number of rotatable bonds is 2. The lowest BCUT2D eigenvalue weighted by Gasteiger charge is -2.30. The molecule has 2 nitrogen and oxygen atoms in total. The van der Waals surface area contributed by atoms with Gasteiger partial charge >= 0.3 is 0 Å². The maximum Gasteiger partial charge on any atom is 0.196 e. The number of benzene rings is 1. The van der Waals surface area contributed by atoms with Gasteiger partial charge in [-0.1, -0.05) is 0 Å². The second-order valence-electron chi connectivity index (χ2n) is 4.44. The van der Waals surface area contributed by atoms with E-state index in [1.807, 2.05) is 7.05 Å². The molecule has 5 heteroatoms. The third-order valence-electron chi connectivity index (χ3n) is 3.11. The molecule has 0 radical (unpaired) electrons. The van der Waals surface area contributed by atoms with E-state index in [2.05, 4.69) is 10.2 Å². The minimum Gasteiger partial charge on any atom is -0.380 e. The highest BCUT2D eigenvalue weighted by Crippen LogP contribution is 2.22. The molecule has 94 valence electrons. The Morgan fingerprint density at radius 3 is 2.41 bits per heavy atom. The van der Waals surface area contributed by atoms with Crippen molar-refractivity contribution in [3.05, 3.63) is 29.6 Å². The van der Waals surface area contributed by atoms with Gasteiger partial charge in [0.1, 0.15) is 0 Å². The number of likely N-dealkylation sites (tertiary alicyclic amines) is 1. The summed E-state index contributed by atoms with van der Waals surface area (Å²) in [5.74, 6) is -3.71. The molecule has 1 aliphatic rings. The summed E-state index contributed by atoms with van der Waals surface area (Å²) in [4.78, 5) is 2.18. The van der Waals surface area contributed by atoms with Gasteiger partial charge in [0.15, 0.2) is 17.5 Å². The Morgan fingerprint density at radius 2 is 1.76 bits per heavy atom. The van der Waals surface area contributed by atoms with Crippen molar-refractivity contribution >= 4 is 5.69 Å². The van der Waals surface area contributed by atoms with Crippen molar-refractivity contribution in [1.29, 1.82) is 0 Å². The number of nitrogens with zero attached hydrogens (tertiary/aromatic N) is 1. The Kier molecular flexibility index (Phi) is 3.57. The van der Waals surface area contributed by atoms with Crippen molar-refractivity contribution in [1.82, 2.24) is 4.90 Å². The lowest BCUT2D eigenvalue weighted by Crippen LogP contribution is -2.36. The molecule has 1 saturated heterocycles. The van der Waals surface area contributed by atoms with Crippen LogP contribution in [0.3, 0.4) is 0 Å². The van der Waals surface area contributed by atoms with Gasteiger partial charge in [0.05, 0.1) is 5.69 Å². The van der Waals surface area contributed by atoms with Crippen LogP contribution in [-0.2, 0) is 0 Å². The van der Waals surface area contributed by atoms with Gasteiger partial charge in [0, 0.05) is 6.04 Å². The van der Waals surface area contributed by atoms with Crippen molar-refractivity contribution in [2.24, 2.45) is 0 Å². The van der Waals surface area contributed by atoms with E-state index in [9.17, 15) is 13.2 Å². The zero-order valence-corrected chi connectivity index (χ0v) is 9.64. The van der Waals surface area contributed by atoms with Crippen LogP contribution in [0.1, 0.15) is 12.8 Å². The summed E-state index contributed by atoms with van der Waals surface area (Å²) in [6.07, 6.45) is 1.74. The highest BCUT2D eigenvalue weighted by atomic mass is 19.2. The van der Waals surface area contributed by atoms with E-state index >= 15 is 0 Å². The zero-order chi connectivity index (χ0) is 12.4. The summed E-state index contributed by atoms with van der Waals surface area (Å²) < 4.78 is 39.2. The summed E-state index contributed by atoms with van der Waals surface area (Å²) in [7, 11) is 2.02. The van der Waals surface area contributed by atoms with Gasteiger partial charge in [0.2, 0.25) is 0 Å². The van der Waals surface area contributed by atoms with E-state index in [0.29, 0.717) is 0 Å². The van der Waals surface area contributed by atoms with Crippen molar-refractivity contribution in [2.45, 2.75) is 18.9 Å². The van der Waals surface area contributed by atoms with Crippen LogP contribution < -0.4 is 5.32 Å². The van der Waals surface area contributed by atoms with E-state index in [1.165, 1.54) is 6.07 Å². The molecular weight excluding hydrogens is 229 g/mol. The summed E-state index contributed by atoms with van der Waals surface area (Å²) in [6.45, 7) is 1.84. The number of hydrogen-bond donors (Lipinski definition) is 1. The van der Waals surface area contributed by atoms with Crippen LogP contribution in [0, 0.1) is 17.5 Å². The van der Waals surface area contributed by atoms with Gasteiger partial charge in [-0.3, -0.25) is 0 Å². The van der Waals surface area contributed by atoms with E-state index in [4.69, 9.17) is 0 Å². The van der Waals surface area contributed by atoms with Crippen molar-refractivity contribution < 1.29 is 13.2 Å². The van der Waals surface area contributed by atoms with Gasteiger partial charge in [-0.15, -0.1) is 0 Å². The predicted molar refractivity (Wildman–Crippen MR) is 60.5 cm³/mol. The predicted octanol–water partition coefficient (Wildman–Crippen LogP) is 2.61. The Balaban J connectivity index is 2.06. The molecule has 1 aliphatic heterocycles. The van der Waals surface area contributed by atoms with Crippen molar-refractivity contribution in [3.63, 3.8) is 0 Å². The van der Waals surface area contributed by atoms with Gasteiger partial charge in [-0.25, -0.2) is 13.2 Å². The van der Waals surface area contributed by atoms with Crippen LogP contribution in [0.25, 0.3) is 0 Å². The molecule has 0 unspecified atom stereocenters. The molecule has 1 heterocycles. The number of hydrogen-bond acceptors (Lipinski definition) is 2. The monoisotopic (exact) mass is 244 g/mol. The van der Waals surface area contributed by atoms with Crippen LogP contribution in [-0.4, -0.2) is 31.1 Å². The van der Waals surface area contributed by atoms with Crippen molar-refractivity contribution in [2.75, 3.05) is 25.5 Å². The number of halogens is 3. The SMILES string of the molecule is CN1CCC(Nc2ccc(F)c(F)c2F)CC1. The zero-order valence-electron chi connectivity index (χ0n) is 9.64. The maximum absolute atomic E-state index is 13.4. The standard InChI is InChI=1S/C12H15F3N2/c1-17-6-4-8(5-7-17)16-10-3-2-9(13)11(14)12(10)15/h2-3,8,16H,4-7H2,1H3. The van der Waals surface area contributed by atoms with Crippen molar-refractivity contribution in [3.8, 4) is 0 Å². The van der Waals surface area contributed by atoms with Crippen LogP contribution >= 0.6 is 0 Å². The molecule has 17 heavy (non-hydrogen) atoms. The highest BCUT2D eigenvalue weighted by Gasteiger charge is 2.19. The summed E-state index contributed by atoms with van der Waals surface area (Å²) >= 11 is 0. The van der Waals surface area contributed by atoms with E-state index in [-0.39, 0.29) is 11.7 Å². The lowest BCUT2D eigenvalue weighted by molar-refractivity contribution is 0.263. The Labute approximate surface area is 98.4 Å². The average molecular weight is 244 g/mol. The maximum atomic E-state index is 13.4. The Bertz CT molecular complexity index is 401. The molecule has 0 aromatic heterocycles. The first-order valence-electron chi connectivity index (χ1n) is 5.66. The smallest absolute Gasteiger partial charge is 0.196 e. The largest absolute Gasteiger partial charge is 0.380 e. The van der Waals surface area contributed by atoms with Gasteiger partial charge in [0.25, 0.3) is 0 Å². The summed E-state index contributed by atoms with van der Waals surface area (Å²) in [5, 5.41) is 2.93. The van der Waals surface area contributed by atoms with Crippen LogP contribution in [0.4, 0.5) is 18.9 Å². The number of nitrogens with one attached hydrogen (secondary N) is 1. The first kappa shape index (κ1) is 12.2. The van der Waals surface area contributed by atoms with Crippen LogP contribution in [0.2, 0.25) is 0 Å². The van der Waals surface area contributed by atoms with Gasteiger partial charge in [-0.2, -0.15) is 0 Å². The molecule has 0 aliphatic carbocycles. The summed E-state index contributed by atoms with van der Waals surface area (Å²) in [5.41, 5.74) is 0.0402. The quantitative estimate of drug-likeness (QED) is 0.804. The minimum atomic E-state index is -1.41. The molecule has 0 atom stereocenters. The highest BCUT2D eigenvalue weighted by molar-refractivity contribution is 5.46. The number of anilines is 1. The molecule has 2 rings (SSSR count). The Morgan fingerprint density at radius 1 is 1.12 bits per heavy atom. The first-order chi connectivity index (χ1) is 8.08. The molecule has 1 N–H and O–H groups in total.